The summed E-state index contributed by atoms with van der Waals surface area (Å²) >= 11 is 1.50. The second-order valence-electron chi connectivity index (χ2n) is 8.41. The first kappa shape index (κ1) is 31.0. The van der Waals surface area contributed by atoms with Crippen LogP contribution in [0.3, 0.4) is 0 Å². The van der Waals surface area contributed by atoms with E-state index < -0.39 is 41.8 Å². The van der Waals surface area contributed by atoms with Crippen molar-refractivity contribution in [2.75, 3.05) is 25.1 Å². The molecule has 204 valence electrons. The highest BCUT2D eigenvalue weighted by atomic mass is 32.2. The van der Waals surface area contributed by atoms with Gasteiger partial charge in [-0.1, -0.05) is 0 Å². The summed E-state index contributed by atoms with van der Waals surface area (Å²) in [6, 6.07) is -3.76. The summed E-state index contributed by atoms with van der Waals surface area (Å²) < 4.78 is 0. The van der Waals surface area contributed by atoms with Crippen molar-refractivity contribution in [2.45, 2.75) is 69.1 Å². The smallest absolute Gasteiger partial charge is 0.326 e. The molecule has 0 saturated carbocycles. The van der Waals surface area contributed by atoms with Gasteiger partial charge in [-0.15, -0.1) is 0 Å². The number of hydrogen-bond acceptors (Lipinski definition) is 8. The number of hydrogen-bond donors (Lipinski definition) is 8. The Kier molecular flexibility index (Phi) is 14.3. The number of carboxylic acid groups (broad SMARTS) is 1. The average molecular weight is 531 g/mol. The minimum Gasteiger partial charge on any atom is -0.480 e. The minimum atomic E-state index is -1.37. The molecular formula is C21H38N8O6S. The van der Waals surface area contributed by atoms with Crippen molar-refractivity contribution >= 4 is 47.3 Å². The van der Waals surface area contributed by atoms with E-state index in [1.54, 1.807) is 0 Å². The largest absolute Gasteiger partial charge is 0.480 e. The zero-order valence-electron chi connectivity index (χ0n) is 20.5. The Morgan fingerprint density at radius 1 is 1.00 bits per heavy atom. The molecule has 1 saturated heterocycles. The first-order valence-corrected chi connectivity index (χ1v) is 13.1. The van der Waals surface area contributed by atoms with Gasteiger partial charge >= 0.3 is 5.97 Å². The first-order chi connectivity index (χ1) is 17.0. The quantitative estimate of drug-likeness (QED) is 0.0551. The lowest BCUT2D eigenvalue weighted by Crippen LogP contribution is -2.57. The van der Waals surface area contributed by atoms with Crippen molar-refractivity contribution in [1.29, 1.82) is 0 Å². The standard InChI is InChI=1S/C21H38N8O6S/c1-36-11-8-14(28-17(31)12-4-2-9-25-12)19(33)27-13(5-3-10-26-21(23)24)18(32)29-15(20(34)35)6-7-16(22)30/h12-15,25H,2-11H2,1H3,(H2,22,30)(H,27,33)(H,28,31)(H,29,32)(H,34,35)(H4,23,24,26). The summed E-state index contributed by atoms with van der Waals surface area (Å²) in [7, 11) is 0. The predicted octanol–water partition coefficient (Wildman–Crippen LogP) is -2.65. The molecule has 1 rings (SSSR count). The summed E-state index contributed by atoms with van der Waals surface area (Å²) in [6.45, 7) is 0.907. The van der Waals surface area contributed by atoms with E-state index in [1.165, 1.54) is 11.8 Å². The van der Waals surface area contributed by atoms with Crippen LogP contribution in [-0.2, 0) is 24.0 Å². The molecule has 1 aliphatic rings. The van der Waals surface area contributed by atoms with Gasteiger partial charge in [0.2, 0.25) is 23.6 Å². The molecule has 36 heavy (non-hydrogen) atoms. The third kappa shape index (κ3) is 12.1. The summed E-state index contributed by atoms with van der Waals surface area (Å²) in [5, 5.41) is 20.2. The molecule has 1 heterocycles. The van der Waals surface area contributed by atoms with E-state index in [0.29, 0.717) is 25.0 Å². The third-order valence-corrected chi connectivity index (χ3v) is 6.14. The molecule has 15 heteroatoms. The van der Waals surface area contributed by atoms with Gasteiger partial charge in [0, 0.05) is 13.0 Å². The summed E-state index contributed by atoms with van der Waals surface area (Å²) in [4.78, 5) is 65.1. The summed E-state index contributed by atoms with van der Waals surface area (Å²) in [6.07, 6.45) is 3.70. The van der Waals surface area contributed by atoms with Crippen LogP contribution in [0, 0.1) is 0 Å². The fraction of sp³-hybridized carbons (Fsp3) is 0.714. The number of aliphatic imine (C=N–C) groups is 1. The Bertz CT molecular complexity index is 801. The van der Waals surface area contributed by atoms with E-state index in [4.69, 9.17) is 17.2 Å². The van der Waals surface area contributed by atoms with E-state index in [1.807, 2.05) is 6.26 Å². The van der Waals surface area contributed by atoms with Gasteiger partial charge in [0.05, 0.1) is 6.04 Å². The fourth-order valence-corrected chi connectivity index (χ4v) is 4.02. The third-order valence-electron chi connectivity index (χ3n) is 5.49. The van der Waals surface area contributed by atoms with Crippen LogP contribution < -0.4 is 38.5 Å². The number of nitrogens with two attached hydrogens (primary N) is 3. The zero-order valence-corrected chi connectivity index (χ0v) is 21.3. The number of aliphatic carboxylic acids is 1. The Morgan fingerprint density at radius 2 is 1.64 bits per heavy atom. The highest BCUT2D eigenvalue weighted by Crippen LogP contribution is 2.09. The molecule has 11 N–H and O–H groups in total. The van der Waals surface area contributed by atoms with E-state index in [0.717, 1.165) is 13.0 Å². The van der Waals surface area contributed by atoms with Gasteiger partial charge in [0.1, 0.15) is 18.1 Å². The second kappa shape index (κ2) is 16.6. The maximum absolute atomic E-state index is 13.1. The lowest BCUT2D eigenvalue weighted by atomic mass is 10.1. The van der Waals surface area contributed by atoms with Crippen LogP contribution in [-0.4, -0.2) is 89.9 Å². The molecule has 1 aliphatic heterocycles. The molecule has 14 nitrogen and oxygen atoms in total. The number of carboxylic acids is 1. The van der Waals surface area contributed by atoms with Crippen molar-refractivity contribution in [3.05, 3.63) is 0 Å². The molecule has 4 amide bonds. The molecule has 4 atom stereocenters. The second-order valence-corrected chi connectivity index (χ2v) is 9.39. The fourth-order valence-electron chi connectivity index (χ4n) is 3.55. The normalized spacial score (nSPS) is 17.3. The molecule has 0 radical (unpaired) electrons. The van der Waals surface area contributed by atoms with Gasteiger partial charge < -0.3 is 43.6 Å². The van der Waals surface area contributed by atoms with E-state index in [9.17, 15) is 29.1 Å². The minimum absolute atomic E-state index is 0.101. The lowest BCUT2D eigenvalue weighted by molar-refractivity contribution is -0.142. The molecule has 0 aliphatic carbocycles. The van der Waals surface area contributed by atoms with Crippen LogP contribution in [0.1, 0.15) is 44.9 Å². The molecule has 0 aromatic heterocycles. The summed E-state index contributed by atoms with van der Waals surface area (Å²) in [5.41, 5.74) is 15.7. The number of nitrogens with one attached hydrogen (secondary N) is 4. The Morgan fingerprint density at radius 3 is 2.17 bits per heavy atom. The Hall–Kier alpha value is -3.07. The number of primary amides is 1. The highest BCUT2D eigenvalue weighted by molar-refractivity contribution is 7.98. The average Bonchev–Trinajstić information content (AvgIpc) is 3.35. The van der Waals surface area contributed by atoms with Crippen molar-refractivity contribution < 1.29 is 29.1 Å². The van der Waals surface area contributed by atoms with Crippen molar-refractivity contribution in [3.8, 4) is 0 Å². The lowest BCUT2D eigenvalue weighted by Gasteiger charge is -2.25. The molecular weight excluding hydrogens is 492 g/mol. The maximum atomic E-state index is 13.1. The van der Waals surface area contributed by atoms with E-state index >= 15 is 0 Å². The first-order valence-electron chi connectivity index (χ1n) is 11.7. The molecule has 0 aromatic carbocycles. The van der Waals surface area contributed by atoms with Gasteiger partial charge in [-0.25, -0.2) is 4.79 Å². The predicted molar refractivity (Wildman–Crippen MR) is 136 cm³/mol. The SMILES string of the molecule is CSCCC(NC(=O)C1CCCN1)C(=O)NC(CCCN=C(N)N)C(=O)NC(CCC(N)=O)C(=O)O. The van der Waals surface area contributed by atoms with Gasteiger partial charge in [0.25, 0.3) is 0 Å². The summed E-state index contributed by atoms with van der Waals surface area (Å²) in [5.74, 6) is -3.20. The zero-order chi connectivity index (χ0) is 27.1. The highest BCUT2D eigenvalue weighted by Gasteiger charge is 2.31. The van der Waals surface area contributed by atoms with Crippen LogP contribution in [0.25, 0.3) is 0 Å². The molecule has 0 aromatic rings. The van der Waals surface area contributed by atoms with Crippen molar-refractivity contribution in [1.82, 2.24) is 21.3 Å². The maximum Gasteiger partial charge on any atom is 0.326 e. The topological polar surface area (TPSA) is 244 Å². The van der Waals surface area contributed by atoms with Crippen molar-refractivity contribution in [3.63, 3.8) is 0 Å². The molecule has 1 fully saturated rings. The number of carbonyl (C=O) groups excluding carboxylic acids is 4. The number of thioether (sulfide) groups is 1. The van der Waals surface area contributed by atoms with Crippen LogP contribution in [0.4, 0.5) is 0 Å². The molecule has 4 unspecified atom stereocenters. The van der Waals surface area contributed by atoms with Gasteiger partial charge in [-0.05, 0) is 57.1 Å². The molecule has 0 bridgehead atoms. The Balaban J connectivity index is 2.95. The monoisotopic (exact) mass is 530 g/mol. The number of rotatable bonds is 17. The van der Waals surface area contributed by atoms with Crippen LogP contribution in [0.2, 0.25) is 0 Å². The van der Waals surface area contributed by atoms with Crippen LogP contribution >= 0.6 is 11.8 Å². The van der Waals surface area contributed by atoms with Gasteiger partial charge in [-0.3, -0.25) is 24.2 Å². The number of carbonyl (C=O) groups is 5. The van der Waals surface area contributed by atoms with Gasteiger partial charge in [0.15, 0.2) is 5.96 Å². The molecule has 0 spiro atoms. The van der Waals surface area contributed by atoms with Gasteiger partial charge in [-0.2, -0.15) is 11.8 Å². The number of amides is 4. The van der Waals surface area contributed by atoms with Crippen molar-refractivity contribution in [2.24, 2.45) is 22.2 Å². The number of nitrogens with zero attached hydrogens (tertiary/aromatic N) is 1. The number of guanidine groups is 1. The van der Waals surface area contributed by atoms with E-state index in [2.05, 4.69) is 26.3 Å². The Labute approximate surface area is 214 Å². The van der Waals surface area contributed by atoms with Crippen LogP contribution in [0.5, 0.6) is 0 Å². The van der Waals surface area contributed by atoms with Crippen LogP contribution in [0.15, 0.2) is 4.99 Å². The van der Waals surface area contributed by atoms with E-state index in [-0.39, 0.29) is 43.7 Å².